The third kappa shape index (κ3) is 5.49. The fourth-order valence-electron chi connectivity index (χ4n) is 5.87. The summed E-state index contributed by atoms with van der Waals surface area (Å²) in [5.74, 6) is -2.54. The van der Waals surface area contributed by atoms with E-state index in [2.05, 4.69) is 15.6 Å². The predicted octanol–water partition coefficient (Wildman–Crippen LogP) is 5.60. The van der Waals surface area contributed by atoms with Crippen molar-refractivity contribution in [1.82, 2.24) is 10.3 Å². The second-order valence-electron chi connectivity index (χ2n) is 10.3. The number of hydrogen-bond donors (Lipinski definition) is 2. The molecule has 0 spiro atoms. The standard InChI is InChI=1S/C28H27F4N3O5S2/c1-3-17-13-33-27(41-17)19-11-20(22(40-2)12-21(19)29)25(36)35-24-15-8-7-14(9-15)23(24)26(37)34-16-5-4-6-18(10-16)42(38,39)28(30,31)32/h4-6,10-15,23-24H,3,7-9H2,1-2H3,(H,34,37)(H,35,36)/t14-,15+,23+,24-/m1/s1. The van der Waals surface area contributed by atoms with Crippen LogP contribution in [-0.2, 0) is 21.1 Å². The molecule has 2 aliphatic rings. The Bertz CT molecular complexity index is 1640. The highest BCUT2D eigenvalue weighted by molar-refractivity contribution is 7.92. The number of fused-ring (bicyclic) bond motifs is 2. The average Bonchev–Trinajstić information content (AvgIpc) is 3.69. The number of aromatic nitrogens is 1. The molecule has 14 heteroatoms. The first kappa shape index (κ1) is 30.0. The van der Waals surface area contributed by atoms with Gasteiger partial charge in [-0.15, -0.1) is 11.3 Å². The van der Waals surface area contributed by atoms with Gasteiger partial charge in [0.1, 0.15) is 16.6 Å². The number of thiazole rings is 1. The Balaban J connectivity index is 1.39. The normalized spacial score (nSPS) is 21.8. The molecular weight excluding hydrogens is 598 g/mol. The molecule has 1 heterocycles. The molecule has 4 atom stereocenters. The topological polar surface area (TPSA) is 114 Å². The van der Waals surface area contributed by atoms with E-state index in [1.165, 1.54) is 30.6 Å². The van der Waals surface area contributed by atoms with Crippen molar-refractivity contribution in [2.75, 3.05) is 12.4 Å². The summed E-state index contributed by atoms with van der Waals surface area (Å²) < 4.78 is 83.0. The summed E-state index contributed by atoms with van der Waals surface area (Å²) in [6.45, 7) is 1.95. The Morgan fingerprint density at radius 2 is 1.88 bits per heavy atom. The number of nitrogens with one attached hydrogen (secondary N) is 2. The van der Waals surface area contributed by atoms with E-state index in [1.54, 1.807) is 6.20 Å². The molecule has 2 aromatic carbocycles. The maximum atomic E-state index is 15.0. The van der Waals surface area contributed by atoms with E-state index < -0.39 is 49.8 Å². The third-order valence-corrected chi connectivity index (χ3v) is 10.6. The first-order valence-electron chi connectivity index (χ1n) is 13.2. The number of aryl methyl sites for hydroxylation is 1. The summed E-state index contributed by atoms with van der Waals surface area (Å²) in [7, 11) is -4.29. The summed E-state index contributed by atoms with van der Waals surface area (Å²) in [5.41, 5.74) is -5.40. The highest BCUT2D eigenvalue weighted by atomic mass is 32.2. The first-order valence-corrected chi connectivity index (χ1v) is 15.5. The highest BCUT2D eigenvalue weighted by Crippen LogP contribution is 2.49. The second-order valence-corrected chi connectivity index (χ2v) is 13.4. The molecule has 2 fully saturated rings. The van der Waals surface area contributed by atoms with Crippen molar-refractivity contribution in [1.29, 1.82) is 0 Å². The summed E-state index contributed by atoms with van der Waals surface area (Å²) >= 11 is 1.31. The van der Waals surface area contributed by atoms with Gasteiger partial charge in [0.2, 0.25) is 5.91 Å². The third-order valence-electron chi connectivity index (χ3n) is 7.90. The predicted molar refractivity (Wildman–Crippen MR) is 147 cm³/mol. The van der Waals surface area contributed by atoms with Crippen LogP contribution in [0.15, 0.2) is 47.5 Å². The van der Waals surface area contributed by atoms with E-state index in [1.807, 2.05) is 6.92 Å². The number of nitrogens with zero attached hydrogens (tertiary/aromatic N) is 1. The Labute approximate surface area is 243 Å². The van der Waals surface area contributed by atoms with Crippen LogP contribution >= 0.6 is 11.3 Å². The van der Waals surface area contributed by atoms with Crippen molar-refractivity contribution >= 4 is 38.7 Å². The fourth-order valence-corrected chi connectivity index (χ4v) is 7.54. The number of methoxy groups -OCH3 is 1. The van der Waals surface area contributed by atoms with E-state index in [9.17, 15) is 35.6 Å². The Kier molecular flexibility index (Phi) is 8.05. The van der Waals surface area contributed by atoms with E-state index in [4.69, 9.17) is 4.74 Å². The zero-order valence-electron chi connectivity index (χ0n) is 22.5. The summed E-state index contributed by atoms with van der Waals surface area (Å²) in [6, 6.07) is 5.84. The van der Waals surface area contributed by atoms with Gasteiger partial charge in [0, 0.05) is 34.4 Å². The SMILES string of the molecule is CCc1cnc(-c2cc(C(=O)N[C@@H]3[C@H]4CC[C@H](C4)[C@@H]3C(=O)Nc3cccc(S(=O)(=O)C(F)(F)F)c3)c(OC)cc2F)s1. The molecule has 0 saturated heterocycles. The van der Waals surface area contributed by atoms with Gasteiger partial charge in [0.15, 0.2) is 0 Å². The van der Waals surface area contributed by atoms with Gasteiger partial charge >= 0.3 is 5.51 Å². The van der Waals surface area contributed by atoms with Crippen LogP contribution in [0.5, 0.6) is 5.75 Å². The van der Waals surface area contributed by atoms with E-state index in [0.717, 1.165) is 48.4 Å². The van der Waals surface area contributed by atoms with Crippen LogP contribution in [-0.4, -0.2) is 43.9 Å². The number of benzene rings is 2. The summed E-state index contributed by atoms with van der Waals surface area (Å²) in [4.78, 5) is 31.2. The average molecular weight is 626 g/mol. The Morgan fingerprint density at radius 3 is 2.55 bits per heavy atom. The number of sulfone groups is 1. The smallest absolute Gasteiger partial charge is 0.496 e. The molecule has 2 aliphatic carbocycles. The number of ether oxygens (including phenoxy) is 1. The zero-order valence-corrected chi connectivity index (χ0v) is 24.1. The quantitative estimate of drug-likeness (QED) is 0.315. The molecule has 224 valence electrons. The minimum atomic E-state index is -5.60. The van der Waals surface area contributed by atoms with Crippen molar-refractivity contribution in [3.63, 3.8) is 0 Å². The summed E-state index contributed by atoms with van der Waals surface area (Å²) in [6.07, 6.45) is 4.53. The number of carbonyl (C=O) groups is 2. The molecule has 2 N–H and O–H groups in total. The first-order chi connectivity index (χ1) is 19.8. The van der Waals surface area contributed by atoms with Crippen LogP contribution in [0.25, 0.3) is 10.6 Å². The minimum absolute atomic E-state index is 0.00729. The van der Waals surface area contributed by atoms with Crippen molar-refractivity contribution in [3.05, 3.63) is 58.9 Å². The molecule has 0 unspecified atom stereocenters. The van der Waals surface area contributed by atoms with Crippen LogP contribution in [0, 0.1) is 23.6 Å². The van der Waals surface area contributed by atoms with Crippen LogP contribution in [0.1, 0.15) is 41.4 Å². The molecule has 1 aromatic heterocycles. The number of anilines is 1. The zero-order chi connectivity index (χ0) is 30.4. The lowest BCUT2D eigenvalue weighted by Crippen LogP contribution is -2.48. The van der Waals surface area contributed by atoms with Crippen LogP contribution in [0.3, 0.4) is 0 Å². The monoisotopic (exact) mass is 625 g/mol. The minimum Gasteiger partial charge on any atom is -0.496 e. The number of halogens is 4. The van der Waals surface area contributed by atoms with Crippen LogP contribution in [0.2, 0.25) is 0 Å². The van der Waals surface area contributed by atoms with Crippen molar-refractivity contribution in [2.24, 2.45) is 17.8 Å². The van der Waals surface area contributed by atoms with Gasteiger partial charge in [-0.3, -0.25) is 9.59 Å². The van der Waals surface area contributed by atoms with Crippen LogP contribution in [0.4, 0.5) is 23.2 Å². The maximum absolute atomic E-state index is 15.0. The molecule has 2 saturated carbocycles. The van der Waals surface area contributed by atoms with E-state index in [0.29, 0.717) is 11.4 Å². The largest absolute Gasteiger partial charge is 0.501 e. The summed E-state index contributed by atoms with van der Waals surface area (Å²) in [5, 5.41) is 5.88. The van der Waals surface area contributed by atoms with Gasteiger partial charge < -0.3 is 15.4 Å². The molecular formula is C28H27F4N3O5S2. The van der Waals surface area contributed by atoms with Gasteiger partial charge in [-0.2, -0.15) is 13.2 Å². The molecule has 8 nitrogen and oxygen atoms in total. The van der Waals surface area contributed by atoms with Crippen molar-refractivity contribution in [3.8, 4) is 16.3 Å². The van der Waals surface area contributed by atoms with Crippen LogP contribution < -0.4 is 15.4 Å². The lowest BCUT2D eigenvalue weighted by atomic mass is 9.83. The van der Waals surface area contributed by atoms with Gasteiger partial charge in [-0.25, -0.2) is 17.8 Å². The fraction of sp³-hybridized carbons (Fsp3) is 0.393. The molecule has 42 heavy (non-hydrogen) atoms. The van der Waals surface area contributed by atoms with Gasteiger partial charge in [-0.1, -0.05) is 13.0 Å². The Morgan fingerprint density at radius 1 is 1.14 bits per heavy atom. The van der Waals surface area contributed by atoms with Gasteiger partial charge in [-0.05, 0) is 61.8 Å². The number of rotatable bonds is 8. The number of carbonyl (C=O) groups excluding carboxylic acids is 2. The van der Waals surface area contributed by atoms with Crippen molar-refractivity contribution < 1.29 is 40.3 Å². The number of hydrogen-bond acceptors (Lipinski definition) is 7. The van der Waals surface area contributed by atoms with E-state index in [-0.39, 0.29) is 34.4 Å². The second kappa shape index (κ2) is 11.3. The molecule has 5 rings (SSSR count). The lowest BCUT2D eigenvalue weighted by Gasteiger charge is -2.31. The molecule has 0 aliphatic heterocycles. The van der Waals surface area contributed by atoms with E-state index >= 15 is 0 Å². The Hall–Kier alpha value is -3.52. The van der Waals surface area contributed by atoms with Gasteiger partial charge in [0.25, 0.3) is 15.7 Å². The lowest BCUT2D eigenvalue weighted by molar-refractivity contribution is -0.122. The number of alkyl halides is 3. The molecule has 2 amide bonds. The van der Waals surface area contributed by atoms with Crippen molar-refractivity contribution in [2.45, 2.75) is 49.1 Å². The molecule has 0 radical (unpaired) electrons. The maximum Gasteiger partial charge on any atom is 0.501 e. The number of amides is 2. The molecule has 3 aromatic rings. The van der Waals surface area contributed by atoms with Gasteiger partial charge in [0.05, 0.1) is 23.5 Å². The highest BCUT2D eigenvalue weighted by Gasteiger charge is 2.52. The molecule has 2 bridgehead atoms.